The van der Waals surface area contributed by atoms with Crippen molar-refractivity contribution in [2.45, 2.75) is 6.42 Å². The van der Waals surface area contributed by atoms with E-state index in [4.69, 9.17) is 18.9 Å². The summed E-state index contributed by atoms with van der Waals surface area (Å²) in [6.45, 7) is 0.120. The summed E-state index contributed by atoms with van der Waals surface area (Å²) >= 11 is 0. The molecular weight excluding hydrogens is 604 g/mol. The van der Waals surface area contributed by atoms with Crippen LogP contribution in [0.4, 0.5) is 11.4 Å². The topological polar surface area (TPSA) is 153 Å². The molecule has 12 nitrogen and oxygen atoms in total. The van der Waals surface area contributed by atoms with Gasteiger partial charge in [0.05, 0.1) is 35.7 Å². The Balaban J connectivity index is 1.31. The second-order valence-electron chi connectivity index (χ2n) is 10.2. The highest BCUT2D eigenvalue weighted by Crippen LogP contribution is 2.26. The number of carbonyl (C=O) groups excluding carboxylic acids is 4. The van der Waals surface area contributed by atoms with Crippen LogP contribution in [-0.4, -0.2) is 63.1 Å². The molecule has 4 aromatic carbocycles. The SMILES string of the molecule is O=C1COc2ccccc2C(=O)NCCNC(=O)c2ccccc2OCC(=O)Nc2ccccc2OCCCOc2ccccc2N1. The number of hydrogen-bond donors (Lipinski definition) is 4. The van der Waals surface area contributed by atoms with Crippen LogP contribution < -0.4 is 40.2 Å². The second kappa shape index (κ2) is 16.3. The van der Waals surface area contributed by atoms with Gasteiger partial charge >= 0.3 is 0 Å². The molecule has 0 unspecified atom stereocenters. The van der Waals surface area contributed by atoms with Crippen LogP contribution >= 0.6 is 0 Å². The van der Waals surface area contributed by atoms with Crippen molar-refractivity contribution in [3.8, 4) is 23.0 Å². The molecule has 0 bridgehead atoms. The second-order valence-corrected chi connectivity index (χ2v) is 10.2. The number of ether oxygens (including phenoxy) is 4. The number of para-hydroxylation sites is 6. The van der Waals surface area contributed by atoms with Crippen LogP contribution in [0.3, 0.4) is 0 Å². The lowest BCUT2D eigenvalue weighted by Gasteiger charge is -2.15. The van der Waals surface area contributed by atoms with Crippen molar-refractivity contribution in [3.05, 3.63) is 108 Å². The molecule has 4 amide bonds. The van der Waals surface area contributed by atoms with Crippen LogP contribution in [0.1, 0.15) is 27.1 Å². The zero-order valence-electron chi connectivity index (χ0n) is 25.5. The van der Waals surface area contributed by atoms with E-state index in [2.05, 4.69) is 21.3 Å². The van der Waals surface area contributed by atoms with Gasteiger partial charge in [-0.1, -0.05) is 48.5 Å². The zero-order valence-corrected chi connectivity index (χ0v) is 25.5. The highest BCUT2D eigenvalue weighted by atomic mass is 16.5. The van der Waals surface area contributed by atoms with Gasteiger partial charge in [0.25, 0.3) is 23.6 Å². The van der Waals surface area contributed by atoms with E-state index in [1.165, 1.54) is 0 Å². The van der Waals surface area contributed by atoms with E-state index in [0.29, 0.717) is 42.5 Å². The Morgan fingerprint density at radius 2 is 0.830 bits per heavy atom. The van der Waals surface area contributed by atoms with Crippen molar-refractivity contribution >= 4 is 35.0 Å². The predicted octanol–water partition coefficient (Wildman–Crippen LogP) is 4.04. The molecule has 0 spiro atoms. The van der Waals surface area contributed by atoms with E-state index in [1.54, 1.807) is 97.1 Å². The van der Waals surface area contributed by atoms with E-state index in [0.717, 1.165) is 0 Å². The molecular formula is C35H34N4O8. The summed E-state index contributed by atoms with van der Waals surface area (Å²) in [7, 11) is 0. The van der Waals surface area contributed by atoms with E-state index >= 15 is 0 Å². The molecule has 0 atom stereocenters. The zero-order chi connectivity index (χ0) is 32.8. The Bertz CT molecular complexity index is 1600. The Kier molecular flexibility index (Phi) is 11.2. The molecule has 1 aliphatic rings. The lowest BCUT2D eigenvalue weighted by atomic mass is 10.2. The van der Waals surface area contributed by atoms with Gasteiger partial charge in [0.1, 0.15) is 23.0 Å². The molecule has 12 heteroatoms. The number of hydrogen-bond acceptors (Lipinski definition) is 8. The number of rotatable bonds is 0. The Morgan fingerprint density at radius 3 is 1.28 bits per heavy atom. The lowest BCUT2D eigenvalue weighted by Crippen LogP contribution is -2.35. The van der Waals surface area contributed by atoms with Gasteiger partial charge in [-0.2, -0.15) is 0 Å². The highest BCUT2D eigenvalue weighted by Gasteiger charge is 2.17. The van der Waals surface area contributed by atoms with E-state index in [-0.39, 0.29) is 48.9 Å². The first-order valence-electron chi connectivity index (χ1n) is 15.0. The smallest absolute Gasteiger partial charge is 0.262 e. The van der Waals surface area contributed by atoms with E-state index < -0.39 is 23.6 Å². The highest BCUT2D eigenvalue weighted by molar-refractivity contribution is 5.99. The lowest BCUT2D eigenvalue weighted by molar-refractivity contribution is -0.118. The molecule has 0 radical (unpaired) electrons. The molecule has 4 aromatic rings. The summed E-state index contributed by atoms with van der Waals surface area (Å²) < 4.78 is 23.2. The van der Waals surface area contributed by atoms with Crippen LogP contribution in [0, 0.1) is 0 Å². The molecule has 0 aliphatic carbocycles. The Labute approximate surface area is 271 Å². The summed E-state index contributed by atoms with van der Waals surface area (Å²) in [5, 5.41) is 11.1. The van der Waals surface area contributed by atoms with Gasteiger partial charge in [-0.25, -0.2) is 0 Å². The average Bonchev–Trinajstić information content (AvgIpc) is 3.09. The van der Waals surface area contributed by atoms with Crippen molar-refractivity contribution in [2.75, 3.05) is 50.2 Å². The molecule has 1 heterocycles. The van der Waals surface area contributed by atoms with Gasteiger partial charge in [0, 0.05) is 19.5 Å². The van der Waals surface area contributed by atoms with Crippen molar-refractivity contribution in [2.24, 2.45) is 0 Å². The van der Waals surface area contributed by atoms with Crippen molar-refractivity contribution < 1.29 is 38.1 Å². The normalized spacial score (nSPS) is 15.3. The minimum absolute atomic E-state index is 0.114. The number of nitrogens with one attached hydrogen (secondary N) is 4. The molecule has 242 valence electrons. The molecule has 0 saturated heterocycles. The minimum Gasteiger partial charge on any atom is -0.491 e. The molecule has 0 saturated carbocycles. The van der Waals surface area contributed by atoms with E-state index in [9.17, 15) is 19.2 Å². The molecule has 0 aromatic heterocycles. The molecule has 0 fully saturated rings. The van der Waals surface area contributed by atoms with Crippen molar-refractivity contribution in [1.29, 1.82) is 0 Å². The molecule has 4 N–H and O–H groups in total. The fraction of sp³-hybridized carbons (Fsp3) is 0.200. The minimum atomic E-state index is -0.442. The fourth-order valence-corrected chi connectivity index (χ4v) is 4.58. The van der Waals surface area contributed by atoms with Crippen molar-refractivity contribution in [1.82, 2.24) is 10.6 Å². The maximum absolute atomic E-state index is 12.9. The third-order valence-electron chi connectivity index (χ3n) is 6.80. The standard InChI is InChI=1S/C35H34N4O8/c40-32-22-46-28-14-5-1-10-24(28)34(42)36-18-19-37-35(43)25-11-2-6-15-29(25)47-23-33(41)39-27-13-4-8-17-31(27)45-21-9-20-44-30-16-7-3-12-26(30)38-32/h1-8,10-17H,9,18-23H2,(H,36,42)(H,37,43)(H,38,40)(H,39,41). The number of amides is 4. The number of benzene rings is 4. The first kappa shape index (κ1) is 32.4. The first-order chi connectivity index (χ1) is 23.0. The third-order valence-corrected chi connectivity index (χ3v) is 6.80. The summed E-state index contributed by atoms with van der Waals surface area (Å²) in [5.74, 6) is -0.368. The maximum Gasteiger partial charge on any atom is 0.262 e. The summed E-state index contributed by atoms with van der Waals surface area (Å²) in [5.41, 5.74) is 1.39. The Morgan fingerprint density at radius 1 is 0.447 bits per heavy atom. The molecule has 1 aliphatic heterocycles. The number of carbonyl (C=O) groups is 4. The summed E-state index contributed by atoms with van der Waals surface area (Å²) in [4.78, 5) is 51.5. The summed E-state index contributed by atoms with van der Waals surface area (Å²) in [6.07, 6.45) is 0.508. The van der Waals surface area contributed by atoms with Crippen molar-refractivity contribution in [3.63, 3.8) is 0 Å². The first-order valence-corrected chi connectivity index (χ1v) is 15.0. The van der Waals surface area contributed by atoms with Crippen LogP contribution in [0.5, 0.6) is 23.0 Å². The van der Waals surface area contributed by atoms with Crippen LogP contribution in [0.15, 0.2) is 97.1 Å². The van der Waals surface area contributed by atoms with Gasteiger partial charge in [0.15, 0.2) is 13.2 Å². The molecule has 47 heavy (non-hydrogen) atoms. The van der Waals surface area contributed by atoms with Gasteiger partial charge in [-0.15, -0.1) is 0 Å². The van der Waals surface area contributed by atoms with Crippen LogP contribution in [-0.2, 0) is 9.59 Å². The van der Waals surface area contributed by atoms with Crippen LogP contribution in [0.25, 0.3) is 0 Å². The third kappa shape index (κ3) is 9.24. The van der Waals surface area contributed by atoms with E-state index in [1.807, 2.05) is 0 Å². The average molecular weight is 639 g/mol. The maximum atomic E-state index is 12.9. The largest absolute Gasteiger partial charge is 0.491 e. The molecule has 5 rings (SSSR count). The number of anilines is 2. The van der Waals surface area contributed by atoms with Gasteiger partial charge in [-0.05, 0) is 48.5 Å². The van der Waals surface area contributed by atoms with Crippen LogP contribution in [0.2, 0.25) is 0 Å². The number of fused-ring (bicyclic) bond motifs is 4. The van der Waals surface area contributed by atoms with Gasteiger partial charge in [-0.3, -0.25) is 19.2 Å². The van der Waals surface area contributed by atoms with Gasteiger partial charge in [0.2, 0.25) is 0 Å². The monoisotopic (exact) mass is 638 g/mol. The Hall–Kier alpha value is -6.04. The summed E-state index contributed by atoms with van der Waals surface area (Å²) in [6, 6.07) is 27.1. The predicted molar refractivity (Wildman–Crippen MR) is 174 cm³/mol. The van der Waals surface area contributed by atoms with Gasteiger partial charge < -0.3 is 40.2 Å². The quantitative estimate of drug-likeness (QED) is 0.225. The fourth-order valence-electron chi connectivity index (χ4n) is 4.58.